The van der Waals surface area contributed by atoms with Crippen LogP contribution >= 0.6 is 0 Å². The molecule has 0 fully saturated rings. The minimum Gasteiger partial charge on any atom is -0.506 e. The Morgan fingerprint density at radius 3 is 2.50 bits per heavy atom. The summed E-state index contributed by atoms with van der Waals surface area (Å²) in [7, 11) is 0.977. The fraction of sp³-hybridized carbons (Fsp3) is 0.200. The summed E-state index contributed by atoms with van der Waals surface area (Å²) in [5.74, 6) is -2.65. The largest absolute Gasteiger partial charge is 0.573 e. The van der Waals surface area contributed by atoms with Crippen LogP contribution in [-0.4, -0.2) is 24.5 Å². The van der Waals surface area contributed by atoms with E-state index in [-0.39, 0.29) is 0 Å². The second-order valence-electron chi connectivity index (χ2n) is 3.02. The molecule has 0 heterocycles. The SMILES string of the molecule is COC(=O)c1cc(OC(F)(F)F)cc(C#N)c1O. The topological polar surface area (TPSA) is 79.5 Å². The molecule has 1 rings (SSSR count). The standard InChI is InChI=1S/C10H6F3NO4/c1-17-9(16)7-3-6(18-10(11,12)13)2-5(4-14)8(7)15/h2-3,15H,1H3. The highest BCUT2D eigenvalue weighted by atomic mass is 19.4. The van der Waals surface area contributed by atoms with Crippen LogP contribution in [0.5, 0.6) is 11.5 Å². The van der Waals surface area contributed by atoms with E-state index >= 15 is 0 Å². The number of esters is 1. The summed E-state index contributed by atoms with van der Waals surface area (Å²) < 4.78 is 43.8. The van der Waals surface area contributed by atoms with Gasteiger partial charge in [-0.25, -0.2) is 4.79 Å². The fourth-order valence-corrected chi connectivity index (χ4v) is 1.15. The van der Waals surface area contributed by atoms with Crippen molar-refractivity contribution in [2.24, 2.45) is 0 Å². The van der Waals surface area contributed by atoms with Crippen LogP contribution in [-0.2, 0) is 4.74 Å². The summed E-state index contributed by atoms with van der Waals surface area (Å²) >= 11 is 0. The van der Waals surface area contributed by atoms with Gasteiger partial charge in [0.05, 0.1) is 12.7 Å². The first-order chi connectivity index (χ1) is 8.28. The quantitative estimate of drug-likeness (QED) is 0.823. The number of nitriles is 1. The van der Waals surface area contributed by atoms with Crippen molar-refractivity contribution < 1.29 is 32.5 Å². The second-order valence-corrected chi connectivity index (χ2v) is 3.02. The number of ether oxygens (including phenoxy) is 2. The average Bonchev–Trinajstić information content (AvgIpc) is 2.28. The monoisotopic (exact) mass is 261 g/mol. The van der Waals surface area contributed by atoms with Crippen molar-refractivity contribution in [1.82, 2.24) is 0 Å². The molecule has 0 saturated heterocycles. The van der Waals surface area contributed by atoms with Crippen molar-refractivity contribution in [2.45, 2.75) is 6.36 Å². The summed E-state index contributed by atoms with van der Waals surface area (Å²) in [6.45, 7) is 0. The number of carbonyl (C=O) groups is 1. The average molecular weight is 261 g/mol. The lowest BCUT2D eigenvalue weighted by atomic mass is 10.1. The van der Waals surface area contributed by atoms with Crippen LogP contribution in [0.1, 0.15) is 15.9 Å². The lowest BCUT2D eigenvalue weighted by Gasteiger charge is -2.11. The Morgan fingerprint density at radius 1 is 1.44 bits per heavy atom. The fourth-order valence-electron chi connectivity index (χ4n) is 1.15. The third-order valence-corrected chi connectivity index (χ3v) is 1.84. The summed E-state index contributed by atoms with van der Waals surface area (Å²) in [6.07, 6.45) is -4.98. The van der Waals surface area contributed by atoms with Crippen molar-refractivity contribution in [2.75, 3.05) is 7.11 Å². The molecule has 5 nitrogen and oxygen atoms in total. The Balaban J connectivity index is 3.32. The number of alkyl halides is 3. The number of benzene rings is 1. The van der Waals surface area contributed by atoms with Crippen LogP contribution in [0.15, 0.2) is 12.1 Å². The Hall–Kier alpha value is -2.43. The molecule has 0 aromatic heterocycles. The molecule has 0 aliphatic heterocycles. The molecule has 0 aliphatic rings. The maximum Gasteiger partial charge on any atom is 0.573 e. The first kappa shape index (κ1) is 13.6. The van der Waals surface area contributed by atoms with E-state index in [1.165, 1.54) is 6.07 Å². The molecule has 0 saturated carbocycles. The van der Waals surface area contributed by atoms with E-state index in [2.05, 4.69) is 9.47 Å². The Bertz CT molecular complexity index is 519. The molecular weight excluding hydrogens is 255 g/mol. The van der Waals surface area contributed by atoms with Gasteiger partial charge in [0.25, 0.3) is 0 Å². The third kappa shape index (κ3) is 3.04. The maximum atomic E-state index is 12.0. The first-order valence-electron chi connectivity index (χ1n) is 4.39. The zero-order valence-corrected chi connectivity index (χ0v) is 8.91. The van der Waals surface area contributed by atoms with Gasteiger partial charge in [-0.3, -0.25) is 0 Å². The third-order valence-electron chi connectivity index (χ3n) is 1.84. The Morgan fingerprint density at radius 2 is 2.06 bits per heavy atom. The zero-order chi connectivity index (χ0) is 13.9. The molecule has 0 amide bonds. The summed E-state index contributed by atoms with van der Waals surface area (Å²) in [6, 6.07) is 2.73. The van der Waals surface area contributed by atoms with E-state index in [0.717, 1.165) is 7.11 Å². The zero-order valence-electron chi connectivity index (χ0n) is 8.91. The number of methoxy groups -OCH3 is 1. The number of carbonyl (C=O) groups excluding carboxylic acids is 1. The second kappa shape index (κ2) is 4.83. The molecule has 96 valence electrons. The lowest BCUT2D eigenvalue weighted by Crippen LogP contribution is -2.17. The molecule has 18 heavy (non-hydrogen) atoms. The number of hydrogen-bond donors (Lipinski definition) is 1. The summed E-state index contributed by atoms with van der Waals surface area (Å²) in [4.78, 5) is 11.2. The first-order valence-corrected chi connectivity index (χ1v) is 4.39. The number of phenolic OH excluding ortho intramolecular Hbond substituents is 1. The summed E-state index contributed by atoms with van der Waals surface area (Å²) in [5.41, 5.74) is -1.12. The highest BCUT2D eigenvalue weighted by molar-refractivity contribution is 5.93. The van der Waals surface area contributed by atoms with Crippen molar-refractivity contribution in [3.05, 3.63) is 23.3 Å². The number of hydrogen-bond acceptors (Lipinski definition) is 5. The van der Waals surface area contributed by atoms with Crippen LogP contribution in [0.25, 0.3) is 0 Å². The van der Waals surface area contributed by atoms with E-state index in [4.69, 9.17) is 5.26 Å². The van der Waals surface area contributed by atoms with Gasteiger partial charge in [0.1, 0.15) is 23.1 Å². The van der Waals surface area contributed by atoms with E-state index in [0.29, 0.717) is 12.1 Å². The van der Waals surface area contributed by atoms with E-state index in [1.54, 1.807) is 0 Å². The number of phenols is 1. The molecule has 8 heteroatoms. The molecule has 0 bridgehead atoms. The maximum absolute atomic E-state index is 12.0. The number of aromatic hydroxyl groups is 1. The van der Waals surface area contributed by atoms with Gasteiger partial charge in [-0.15, -0.1) is 13.2 Å². The molecule has 0 atom stereocenters. The predicted octanol–water partition coefficient (Wildman–Crippen LogP) is 1.95. The van der Waals surface area contributed by atoms with Gasteiger partial charge >= 0.3 is 12.3 Å². The van der Waals surface area contributed by atoms with Crippen molar-refractivity contribution in [1.29, 1.82) is 5.26 Å². The lowest BCUT2D eigenvalue weighted by molar-refractivity contribution is -0.274. The Kier molecular flexibility index (Phi) is 3.66. The number of rotatable bonds is 2. The van der Waals surface area contributed by atoms with Crippen molar-refractivity contribution >= 4 is 5.97 Å². The van der Waals surface area contributed by atoms with Crippen molar-refractivity contribution in [3.8, 4) is 17.6 Å². The molecule has 1 aromatic rings. The summed E-state index contributed by atoms with van der Waals surface area (Å²) in [5, 5.41) is 18.1. The van der Waals surface area contributed by atoms with Crippen LogP contribution in [0.2, 0.25) is 0 Å². The van der Waals surface area contributed by atoms with E-state index in [1.807, 2.05) is 0 Å². The van der Waals surface area contributed by atoms with Crippen LogP contribution in [0, 0.1) is 11.3 Å². The number of halogens is 3. The number of nitrogens with zero attached hydrogens (tertiary/aromatic N) is 1. The van der Waals surface area contributed by atoms with Gasteiger partial charge in [-0.1, -0.05) is 0 Å². The van der Waals surface area contributed by atoms with Crippen molar-refractivity contribution in [3.63, 3.8) is 0 Å². The van der Waals surface area contributed by atoms with Crippen LogP contribution in [0.4, 0.5) is 13.2 Å². The smallest absolute Gasteiger partial charge is 0.506 e. The van der Waals surface area contributed by atoms with Crippen LogP contribution < -0.4 is 4.74 Å². The Labute approximate surface area is 99.0 Å². The minimum atomic E-state index is -4.98. The predicted molar refractivity (Wildman–Crippen MR) is 50.8 cm³/mol. The van der Waals surface area contributed by atoms with Gasteiger partial charge < -0.3 is 14.6 Å². The van der Waals surface area contributed by atoms with Crippen LogP contribution in [0.3, 0.4) is 0 Å². The minimum absolute atomic E-state index is 0.530. The van der Waals surface area contributed by atoms with Gasteiger partial charge in [-0.05, 0) is 6.07 Å². The molecular formula is C10H6F3NO4. The van der Waals surface area contributed by atoms with Gasteiger partial charge in [-0.2, -0.15) is 5.26 Å². The molecule has 1 aromatic carbocycles. The molecule has 0 radical (unpaired) electrons. The van der Waals surface area contributed by atoms with Gasteiger partial charge in [0.15, 0.2) is 0 Å². The molecule has 1 N–H and O–H groups in total. The normalized spacial score (nSPS) is 10.6. The highest BCUT2D eigenvalue weighted by Crippen LogP contribution is 2.31. The molecule has 0 aliphatic carbocycles. The van der Waals surface area contributed by atoms with Gasteiger partial charge in [0.2, 0.25) is 0 Å². The highest BCUT2D eigenvalue weighted by Gasteiger charge is 2.32. The van der Waals surface area contributed by atoms with Gasteiger partial charge in [0, 0.05) is 6.07 Å². The van der Waals surface area contributed by atoms with E-state index < -0.39 is 35.0 Å². The van der Waals surface area contributed by atoms with E-state index in [9.17, 15) is 23.1 Å². The molecule has 0 spiro atoms. The molecule has 0 unspecified atom stereocenters.